The maximum absolute atomic E-state index is 10.2. The molecule has 0 radical (unpaired) electrons. The average Bonchev–Trinajstić information content (AvgIpc) is 3.67. The Balaban J connectivity index is 1.27. The molecule has 2 aromatic heterocycles. The second-order valence-corrected chi connectivity index (χ2v) is 12.0. The first-order valence-electron chi connectivity index (χ1n) is 15.9. The summed E-state index contributed by atoms with van der Waals surface area (Å²) >= 11 is 0. The highest BCUT2D eigenvalue weighted by Gasteiger charge is 2.17. The van der Waals surface area contributed by atoms with Crippen molar-refractivity contribution in [1.29, 1.82) is 10.5 Å². The van der Waals surface area contributed by atoms with Gasteiger partial charge in [-0.15, -0.1) is 0 Å². The van der Waals surface area contributed by atoms with E-state index in [2.05, 4.69) is 137 Å². The minimum absolute atomic E-state index is 0.555. The van der Waals surface area contributed by atoms with E-state index in [1.807, 2.05) is 42.5 Å². The molecule has 0 atom stereocenters. The van der Waals surface area contributed by atoms with Gasteiger partial charge in [0.1, 0.15) is 0 Å². The predicted octanol–water partition coefficient (Wildman–Crippen LogP) is 11.0. The van der Waals surface area contributed by atoms with Crippen LogP contribution >= 0.6 is 0 Å². The molecular weight excluding hydrogens is 585 g/mol. The lowest BCUT2D eigenvalue weighted by Crippen LogP contribution is -1.98. The zero-order chi connectivity index (χ0) is 32.2. The quantitative estimate of drug-likeness (QED) is 0.199. The van der Waals surface area contributed by atoms with Crippen molar-refractivity contribution in [3.63, 3.8) is 0 Å². The second kappa shape index (κ2) is 10.9. The van der Waals surface area contributed by atoms with Crippen molar-refractivity contribution in [1.82, 2.24) is 9.13 Å². The largest absolute Gasteiger partial charge is 0.309 e. The van der Waals surface area contributed by atoms with Gasteiger partial charge in [-0.1, -0.05) is 91.0 Å². The average molecular weight is 611 g/mol. The van der Waals surface area contributed by atoms with Crippen LogP contribution in [0.3, 0.4) is 0 Å². The zero-order valence-electron chi connectivity index (χ0n) is 25.8. The minimum atomic E-state index is 0.555. The van der Waals surface area contributed by atoms with Gasteiger partial charge in [-0.05, 0) is 83.4 Å². The van der Waals surface area contributed by atoms with Crippen LogP contribution in [-0.4, -0.2) is 9.13 Å². The number of aromatic nitrogens is 2. The van der Waals surface area contributed by atoms with E-state index in [1.54, 1.807) is 0 Å². The summed E-state index contributed by atoms with van der Waals surface area (Å²) in [6.07, 6.45) is 0. The van der Waals surface area contributed by atoms with Gasteiger partial charge < -0.3 is 9.13 Å². The molecule has 7 aromatic carbocycles. The molecule has 4 nitrogen and oxygen atoms in total. The van der Waals surface area contributed by atoms with Crippen molar-refractivity contribution in [3.8, 4) is 45.8 Å². The maximum atomic E-state index is 10.2. The van der Waals surface area contributed by atoms with Gasteiger partial charge in [0.05, 0.1) is 51.0 Å². The van der Waals surface area contributed by atoms with Gasteiger partial charge in [0.2, 0.25) is 0 Å². The van der Waals surface area contributed by atoms with Crippen molar-refractivity contribution in [3.05, 3.63) is 169 Å². The van der Waals surface area contributed by atoms with Gasteiger partial charge >= 0.3 is 0 Å². The molecule has 0 spiro atoms. The molecule has 9 aromatic rings. The fourth-order valence-corrected chi connectivity index (χ4v) is 7.28. The molecule has 0 saturated heterocycles. The van der Waals surface area contributed by atoms with E-state index >= 15 is 0 Å². The Morgan fingerprint density at radius 3 is 1.33 bits per heavy atom. The van der Waals surface area contributed by atoms with Crippen molar-refractivity contribution >= 4 is 43.6 Å². The van der Waals surface area contributed by atoms with Crippen LogP contribution in [0.5, 0.6) is 0 Å². The number of para-hydroxylation sites is 5. The number of benzene rings is 7. The SMILES string of the molecule is N#Cc1cc(-c2cc(C#N)cc(-n3c4ccccc4c4ccccc43)c2)cc(-c2ccccc2-n2c3ccccc3c3ccccc32)c1. The van der Waals surface area contributed by atoms with Gasteiger partial charge in [-0.2, -0.15) is 10.5 Å². The number of nitrogens with zero attached hydrogens (tertiary/aromatic N) is 4. The molecule has 0 bridgehead atoms. The van der Waals surface area contributed by atoms with Crippen LogP contribution in [0.2, 0.25) is 0 Å². The summed E-state index contributed by atoms with van der Waals surface area (Å²) in [4.78, 5) is 0. The van der Waals surface area contributed by atoms with Gasteiger partial charge in [0.25, 0.3) is 0 Å². The van der Waals surface area contributed by atoms with Crippen molar-refractivity contribution in [2.75, 3.05) is 0 Å². The lowest BCUT2D eigenvalue weighted by atomic mass is 9.94. The Morgan fingerprint density at radius 1 is 0.375 bits per heavy atom. The third kappa shape index (κ3) is 4.22. The Labute approximate surface area is 277 Å². The van der Waals surface area contributed by atoms with Gasteiger partial charge in [-0.3, -0.25) is 0 Å². The Bertz CT molecular complexity index is 2710. The highest BCUT2D eigenvalue weighted by molar-refractivity contribution is 6.10. The fourth-order valence-electron chi connectivity index (χ4n) is 7.28. The van der Waals surface area contributed by atoms with Crippen molar-refractivity contribution < 1.29 is 0 Å². The Morgan fingerprint density at radius 2 is 0.792 bits per heavy atom. The zero-order valence-corrected chi connectivity index (χ0v) is 25.8. The van der Waals surface area contributed by atoms with E-state index < -0.39 is 0 Å². The molecular formula is C44H26N4. The normalized spacial score (nSPS) is 11.3. The summed E-state index contributed by atoms with van der Waals surface area (Å²) in [6.45, 7) is 0. The molecule has 0 unspecified atom stereocenters. The summed E-state index contributed by atoms with van der Waals surface area (Å²) in [5.74, 6) is 0. The summed E-state index contributed by atoms with van der Waals surface area (Å²) in [6, 6.07) is 58.8. The van der Waals surface area contributed by atoms with Crippen LogP contribution in [-0.2, 0) is 0 Å². The number of rotatable bonds is 4. The molecule has 0 aliphatic rings. The smallest absolute Gasteiger partial charge is 0.0992 e. The highest BCUT2D eigenvalue weighted by Crippen LogP contribution is 2.39. The molecule has 4 heteroatoms. The third-order valence-electron chi connectivity index (χ3n) is 9.32. The van der Waals surface area contributed by atoms with Crippen LogP contribution in [0.15, 0.2) is 158 Å². The lowest BCUT2D eigenvalue weighted by molar-refractivity contribution is 1.18. The summed E-state index contributed by atoms with van der Waals surface area (Å²) in [7, 11) is 0. The molecule has 9 rings (SSSR count). The minimum Gasteiger partial charge on any atom is -0.309 e. The number of fused-ring (bicyclic) bond motifs is 6. The van der Waals surface area contributed by atoms with E-state index in [-0.39, 0.29) is 0 Å². The number of nitriles is 2. The Hall–Kier alpha value is -6.88. The predicted molar refractivity (Wildman–Crippen MR) is 195 cm³/mol. The first kappa shape index (κ1) is 27.4. The topological polar surface area (TPSA) is 57.4 Å². The molecule has 0 fully saturated rings. The molecule has 0 aliphatic carbocycles. The summed E-state index contributed by atoms with van der Waals surface area (Å²) in [5.41, 5.74) is 11.1. The summed E-state index contributed by atoms with van der Waals surface area (Å²) in [5, 5.41) is 25.1. The maximum Gasteiger partial charge on any atom is 0.0992 e. The monoisotopic (exact) mass is 610 g/mol. The van der Waals surface area contributed by atoms with E-state index in [4.69, 9.17) is 0 Å². The van der Waals surface area contributed by atoms with Gasteiger partial charge in [-0.25, -0.2) is 0 Å². The van der Waals surface area contributed by atoms with E-state index in [1.165, 1.54) is 10.8 Å². The standard InChI is InChI=1S/C44H26N4/c45-27-29-21-31(32-22-30(28-46)24-34(26-32)47-41-17-7-2-12-36(41)37-13-3-8-18-42(37)47)25-33(23-29)35-11-1-6-16-40(35)48-43-19-9-4-14-38(43)39-15-5-10-20-44(39)48/h1-26H. The van der Waals surface area contributed by atoms with Crippen LogP contribution in [0, 0.1) is 22.7 Å². The molecule has 48 heavy (non-hydrogen) atoms. The summed E-state index contributed by atoms with van der Waals surface area (Å²) < 4.78 is 4.54. The lowest BCUT2D eigenvalue weighted by Gasteiger charge is -2.16. The number of hydrogen-bond donors (Lipinski definition) is 0. The first-order chi connectivity index (χ1) is 23.7. The van der Waals surface area contributed by atoms with E-state index in [0.29, 0.717) is 11.1 Å². The van der Waals surface area contributed by atoms with Crippen LogP contribution in [0.1, 0.15) is 11.1 Å². The molecule has 0 saturated carbocycles. The first-order valence-corrected chi connectivity index (χ1v) is 15.9. The Kier molecular flexibility index (Phi) is 6.22. The van der Waals surface area contributed by atoms with E-state index in [9.17, 15) is 10.5 Å². The third-order valence-corrected chi connectivity index (χ3v) is 9.32. The highest BCUT2D eigenvalue weighted by atomic mass is 15.0. The number of hydrogen-bond acceptors (Lipinski definition) is 2. The molecule has 222 valence electrons. The van der Waals surface area contributed by atoms with Gasteiger partial charge in [0.15, 0.2) is 0 Å². The van der Waals surface area contributed by atoms with Crippen LogP contribution in [0.4, 0.5) is 0 Å². The van der Waals surface area contributed by atoms with Crippen LogP contribution in [0.25, 0.3) is 77.2 Å². The molecule has 0 amide bonds. The molecule has 0 N–H and O–H groups in total. The van der Waals surface area contributed by atoms with Gasteiger partial charge in [0, 0.05) is 32.8 Å². The van der Waals surface area contributed by atoms with E-state index in [0.717, 1.165) is 66.5 Å². The van der Waals surface area contributed by atoms with Crippen molar-refractivity contribution in [2.24, 2.45) is 0 Å². The van der Waals surface area contributed by atoms with Crippen molar-refractivity contribution in [2.45, 2.75) is 0 Å². The fraction of sp³-hybridized carbons (Fsp3) is 0. The van der Waals surface area contributed by atoms with Crippen LogP contribution < -0.4 is 0 Å². The molecule has 0 aliphatic heterocycles. The molecule has 2 heterocycles. The second-order valence-electron chi connectivity index (χ2n) is 12.0.